The quantitative estimate of drug-likeness (QED) is 0.799. The molecule has 1 N–H and O–H groups in total. The highest BCUT2D eigenvalue weighted by Crippen LogP contribution is 2.31. The van der Waals surface area contributed by atoms with E-state index in [9.17, 15) is 18.8 Å². The van der Waals surface area contributed by atoms with E-state index in [0.29, 0.717) is 25.1 Å². The van der Waals surface area contributed by atoms with Crippen LogP contribution in [-0.2, 0) is 16.6 Å². The van der Waals surface area contributed by atoms with Gasteiger partial charge < -0.3 is 19.5 Å². The number of rotatable bonds is 4. The van der Waals surface area contributed by atoms with Crippen molar-refractivity contribution in [2.45, 2.75) is 19.8 Å². The maximum absolute atomic E-state index is 14.2. The van der Waals surface area contributed by atoms with Gasteiger partial charge in [-0.2, -0.15) is 0 Å². The predicted molar refractivity (Wildman–Crippen MR) is 105 cm³/mol. The number of ether oxygens (including phenoxy) is 1. The van der Waals surface area contributed by atoms with Crippen molar-refractivity contribution in [3.05, 3.63) is 53.6 Å². The molecule has 0 saturated carbocycles. The van der Waals surface area contributed by atoms with Crippen LogP contribution in [0.5, 0.6) is 0 Å². The fourth-order valence-electron chi connectivity index (χ4n) is 3.69. The molecule has 1 saturated heterocycles. The van der Waals surface area contributed by atoms with Crippen LogP contribution in [-0.4, -0.2) is 47.4 Å². The monoisotopic (exact) mass is 401 g/mol. The number of halogens is 1. The average molecular weight is 401 g/mol. The summed E-state index contributed by atoms with van der Waals surface area (Å²) in [6, 6.07) is 7.10. The molecule has 1 aromatic carbocycles. The van der Waals surface area contributed by atoms with Crippen molar-refractivity contribution in [1.29, 1.82) is 0 Å². The second kappa shape index (κ2) is 8.06. The first-order chi connectivity index (χ1) is 13.7. The molecule has 0 bridgehead atoms. The molecule has 1 unspecified atom stereocenters. The summed E-state index contributed by atoms with van der Waals surface area (Å²) in [4.78, 5) is 39.0. The van der Waals surface area contributed by atoms with E-state index in [-0.39, 0.29) is 23.8 Å². The number of likely N-dealkylation sites (tertiary alicyclic amines) is 1. The molecule has 1 aromatic heterocycles. The summed E-state index contributed by atoms with van der Waals surface area (Å²) in [5, 5.41) is 2.62. The fraction of sp³-hybridized carbons (Fsp3) is 0.381. The number of hydrogen-bond donors (Lipinski definition) is 1. The zero-order valence-electron chi connectivity index (χ0n) is 16.7. The second-order valence-electron chi connectivity index (χ2n) is 7.57. The zero-order chi connectivity index (χ0) is 21.2. The number of carbonyl (C=O) groups excluding carboxylic acids is 3. The summed E-state index contributed by atoms with van der Waals surface area (Å²) in [7, 11) is 3.05. The van der Waals surface area contributed by atoms with Gasteiger partial charge in [-0.1, -0.05) is 0 Å². The lowest BCUT2D eigenvalue weighted by molar-refractivity contribution is -0.154. The number of benzene rings is 1. The van der Waals surface area contributed by atoms with Gasteiger partial charge in [0.15, 0.2) is 0 Å². The molecule has 1 atom stereocenters. The Morgan fingerprint density at radius 3 is 2.66 bits per heavy atom. The molecule has 0 spiro atoms. The Hall–Kier alpha value is -3.16. The van der Waals surface area contributed by atoms with Crippen molar-refractivity contribution in [3.63, 3.8) is 0 Å². The molecule has 1 fully saturated rings. The van der Waals surface area contributed by atoms with E-state index in [2.05, 4.69) is 5.32 Å². The second-order valence-corrected chi connectivity index (χ2v) is 7.57. The number of anilines is 1. The van der Waals surface area contributed by atoms with E-state index in [1.807, 2.05) is 0 Å². The third-order valence-electron chi connectivity index (χ3n) is 5.24. The summed E-state index contributed by atoms with van der Waals surface area (Å²) in [6.07, 6.45) is 2.98. The van der Waals surface area contributed by atoms with Gasteiger partial charge in [0.1, 0.15) is 11.5 Å². The van der Waals surface area contributed by atoms with E-state index in [1.165, 1.54) is 18.1 Å². The van der Waals surface area contributed by atoms with Crippen molar-refractivity contribution < 1.29 is 23.5 Å². The Balaban J connectivity index is 1.80. The van der Waals surface area contributed by atoms with Gasteiger partial charge in [-0.25, -0.2) is 4.39 Å². The van der Waals surface area contributed by atoms with Crippen LogP contribution in [0, 0.1) is 11.2 Å². The van der Waals surface area contributed by atoms with Crippen molar-refractivity contribution in [2.75, 3.05) is 25.5 Å². The Labute approximate surface area is 168 Å². The number of hydrogen-bond acceptors (Lipinski definition) is 4. The molecule has 7 nitrogen and oxygen atoms in total. The molecule has 1 aliphatic heterocycles. The molecular weight excluding hydrogens is 377 g/mol. The molecule has 3 rings (SSSR count). The van der Waals surface area contributed by atoms with E-state index in [4.69, 9.17) is 4.74 Å². The van der Waals surface area contributed by atoms with Gasteiger partial charge in [0.2, 0.25) is 0 Å². The molecule has 29 heavy (non-hydrogen) atoms. The van der Waals surface area contributed by atoms with Crippen LogP contribution in [0.3, 0.4) is 0 Å². The number of piperidine rings is 1. The summed E-state index contributed by atoms with van der Waals surface area (Å²) >= 11 is 0. The molecule has 154 valence electrons. The van der Waals surface area contributed by atoms with Gasteiger partial charge in [-0.3, -0.25) is 14.4 Å². The molecule has 8 heteroatoms. The SMILES string of the molecule is COC(=O)C1(C)CCCN(C(=O)c2cc(F)cc(NC(=O)c3cccn3C)c2)C1. The van der Waals surface area contributed by atoms with E-state index in [0.717, 1.165) is 12.1 Å². The van der Waals surface area contributed by atoms with Crippen LogP contribution in [0.1, 0.15) is 40.6 Å². The predicted octanol–water partition coefficient (Wildman–Crippen LogP) is 2.83. The molecule has 0 radical (unpaired) electrons. The largest absolute Gasteiger partial charge is 0.469 e. The number of nitrogens with zero attached hydrogens (tertiary/aromatic N) is 2. The van der Waals surface area contributed by atoms with E-state index < -0.39 is 23.0 Å². The highest BCUT2D eigenvalue weighted by molar-refractivity contribution is 6.04. The Kier molecular flexibility index (Phi) is 5.72. The maximum Gasteiger partial charge on any atom is 0.313 e. The number of aryl methyl sites for hydroxylation is 1. The van der Waals surface area contributed by atoms with Gasteiger partial charge in [0, 0.05) is 37.6 Å². The van der Waals surface area contributed by atoms with Gasteiger partial charge in [0.25, 0.3) is 11.8 Å². The Morgan fingerprint density at radius 1 is 1.24 bits per heavy atom. The van der Waals surface area contributed by atoms with Crippen LogP contribution >= 0.6 is 0 Å². The molecule has 1 aliphatic rings. The fourth-order valence-corrected chi connectivity index (χ4v) is 3.69. The first-order valence-corrected chi connectivity index (χ1v) is 9.34. The molecule has 2 aromatic rings. The van der Waals surface area contributed by atoms with Gasteiger partial charge in [0.05, 0.1) is 12.5 Å². The number of methoxy groups -OCH3 is 1. The lowest BCUT2D eigenvalue weighted by Crippen LogP contribution is -2.48. The normalized spacial score (nSPS) is 19.0. The van der Waals surface area contributed by atoms with E-state index >= 15 is 0 Å². The Bertz CT molecular complexity index is 955. The highest BCUT2D eigenvalue weighted by Gasteiger charge is 2.40. The number of amides is 2. The van der Waals surface area contributed by atoms with Crippen LogP contribution in [0.4, 0.5) is 10.1 Å². The summed E-state index contributed by atoms with van der Waals surface area (Å²) in [5.74, 6) is -1.80. The summed E-state index contributed by atoms with van der Waals surface area (Å²) in [5.41, 5.74) is -0.0832. The molecule has 2 heterocycles. The third kappa shape index (κ3) is 4.31. The molecule has 0 aliphatic carbocycles. The van der Waals surface area contributed by atoms with Gasteiger partial charge >= 0.3 is 5.97 Å². The molecular formula is C21H24FN3O4. The van der Waals surface area contributed by atoms with Gasteiger partial charge in [-0.15, -0.1) is 0 Å². The minimum atomic E-state index is -0.792. The van der Waals surface area contributed by atoms with Crippen molar-refractivity contribution in [2.24, 2.45) is 12.5 Å². The average Bonchev–Trinajstić information content (AvgIpc) is 3.12. The summed E-state index contributed by atoms with van der Waals surface area (Å²) < 4.78 is 20.7. The highest BCUT2D eigenvalue weighted by atomic mass is 19.1. The van der Waals surface area contributed by atoms with Crippen LogP contribution < -0.4 is 5.32 Å². The van der Waals surface area contributed by atoms with Gasteiger partial charge in [-0.05, 0) is 50.1 Å². The lowest BCUT2D eigenvalue weighted by atomic mass is 9.81. The number of esters is 1. The minimum absolute atomic E-state index is 0.112. The van der Waals surface area contributed by atoms with Crippen LogP contribution in [0.2, 0.25) is 0 Å². The first-order valence-electron chi connectivity index (χ1n) is 9.34. The van der Waals surface area contributed by atoms with Crippen LogP contribution in [0.25, 0.3) is 0 Å². The van der Waals surface area contributed by atoms with Crippen LogP contribution in [0.15, 0.2) is 36.5 Å². The first kappa shape index (κ1) is 20.6. The van der Waals surface area contributed by atoms with Crippen molar-refractivity contribution in [1.82, 2.24) is 9.47 Å². The lowest BCUT2D eigenvalue weighted by Gasteiger charge is -2.38. The minimum Gasteiger partial charge on any atom is -0.469 e. The van der Waals surface area contributed by atoms with Crippen molar-refractivity contribution >= 4 is 23.5 Å². The van der Waals surface area contributed by atoms with E-state index in [1.54, 1.807) is 36.9 Å². The number of nitrogens with one attached hydrogen (secondary N) is 1. The van der Waals surface area contributed by atoms with Crippen molar-refractivity contribution in [3.8, 4) is 0 Å². The smallest absolute Gasteiger partial charge is 0.313 e. The Morgan fingerprint density at radius 2 is 2.00 bits per heavy atom. The number of aromatic nitrogens is 1. The maximum atomic E-state index is 14.2. The standard InChI is InChI=1S/C21H24FN3O4/c1-21(20(28)29-3)7-5-9-25(13-21)19(27)14-10-15(22)12-16(11-14)23-18(26)17-6-4-8-24(17)2/h4,6,8,10-12H,5,7,9,13H2,1-3H3,(H,23,26). The topological polar surface area (TPSA) is 80.6 Å². The zero-order valence-corrected chi connectivity index (χ0v) is 16.7. The molecule has 2 amide bonds. The number of carbonyl (C=O) groups is 3. The third-order valence-corrected chi connectivity index (χ3v) is 5.24. The summed E-state index contributed by atoms with van der Waals surface area (Å²) in [6.45, 7) is 2.42.